The molecule has 0 spiro atoms. The van der Waals surface area contributed by atoms with Gasteiger partial charge in [0.2, 0.25) is 5.95 Å². The van der Waals surface area contributed by atoms with Crippen LogP contribution in [0.5, 0.6) is 0 Å². The highest BCUT2D eigenvalue weighted by Gasteiger charge is 2.11. The smallest absolute Gasteiger partial charge is 0.271 e. The third-order valence-electron chi connectivity index (χ3n) is 2.73. The summed E-state index contributed by atoms with van der Waals surface area (Å²) >= 11 is 6.55. The molecule has 2 heterocycles. The van der Waals surface area contributed by atoms with Crippen LogP contribution in [0, 0.1) is 3.95 Å². The van der Waals surface area contributed by atoms with Crippen LogP contribution >= 0.6 is 23.6 Å². The Morgan fingerprint density at radius 2 is 2.11 bits per heavy atom. The maximum absolute atomic E-state index is 11.8. The number of aromatic amines is 1. The number of nitrogens with two attached hydrogens (primary N) is 1. The van der Waals surface area contributed by atoms with Gasteiger partial charge in [-0.05, 0) is 17.8 Å². The molecule has 0 aliphatic carbocycles. The first kappa shape index (κ1) is 12.1. The molecule has 0 bridgehead atoms. The molecule has 0 aliphatic heterocycles. The number of H-pyrrole nitrogens is 1. The van der Waals surface area contributed by atoms with Gasteiger partial charge in [-0.2, -0.15) is 4.98 Å². The second-order valence-corrected chi connectivity index (χ2v) is 5.69. The van der Waals surface area contributed by atoms with Crippen molar-refractivity contribution < 1.29 is 0 Å². The molecular formula is C12H10N4OS2. The fourth-order valence-corrected chi connectivity index (χ4v) is 3.10. The number of aromatic nitrogens is 3. The molecule has 7 heteroatoms. The number of fused-ring (bicyclic) bond motifs is 1. The van der Waals surface area contributed by atoms with Crippen molar-refractivity contribution in [2.75, 3.05) is 5.73 Å². The fraction of sp³-hybridized carbons (Fsp3) is 0.0833. The Kier molecular flexibility index (Phi) is 2.92. The van der Waals surface area contributed by atoms with Crippen LogP contribution in [0.15, 0.2) is 35.1 Å². The Morgan fingerprint density at radius 3 is 2.84 bits per heavy atom. The Labute approximate surface area is 117 Å². The fourth-order valence-electron chi connectivity index (χ4n) is 1.88. The first-order chi connectivity index (χ1) is 9.15. The standard InChI is InChI=1S/C12H10N4OS2/c13-11-14-9-8(10(17)15-11)19-12(18)16(9)6-7-4-2-1-3-5-7/h1-5H,6H2,(H3,13,14,15,17). The average Bonchev–Trinajstić information content (AvgIpc) is 2.69. The van der Waals surface area contributed by atoms with Crippen LogP contribution < -0.4 is 11.3 Å². The van der Waals surface area contributed by atoms with Gasteiger partial charge in [0.25, 0.3) is 5.56 Å². The number of benzene rings is 1. The molecule has 19 heavy (non-hydrogen) atoms. The minimum Gasteiger partial charge on any atom is -0.369 e. The zero-order chi connectivity index (χ0) is 13.4. The molecule has 5 nitrogen and oxygen atoms in total. The van der Waals surface area contributed by atoms with Gasteiger partial charge in [0, 0.05) is 0 Å². The van der Waals surface area contributed by atoms with Crippen LogP contribution in [0.3, 0.4) is 0 Å². The number of hydrogen-bond donors (Lipinski definition) is 2. The number of thiazole rings is 1. The molecule has 3 aromatic rings. The molecular weight excluding hydrogens is 280 g/mol. The van der Waals surface area contributed by atoms with E-state index in [0.29, 0.717) is 20.8 Å². The van der Waals surface area contributed by atoms with Gasteiger partial charge in [0.1, 0.15) is 4.70 Å². The molecule has 0 saturated carbocycles. The average molecular weight is 290 g/mol. The van der Waals surface area contributed by atoms with Crippen LogP contribution in [0.1, 0.15) is 5.56 Å². The van der Waals surface area contributed by atoms with Crippen molar-refractivity contribution in [1.82, 2.24) is 14.5 Å². The SMILES string of the molecule is Nc1nc2c(sc(=S)n2Cc2ccccc2)c(=O)[nH]1. The third kappa shape index (κ3) is 2.18. The summed E-state index contributed by atoms with van der Waals surface area (Å²) in [5.74, 6) is 0.104. The van der Waals surface area contributed by atoms with E-state index in [2.05, 4.69) is 9.97 Å². The lowest BCUT2D eigenvalue weighted by molar-refractivity contribution is 0.819. The van der Waals surface area contributed by atoms with E-state index >= 15 is 0 Å². The molecule has 0 radical (unpaired) electrons. The molecule has 2 aromatic heterocycles. The Morgan fingerprint density at radius 1 is 1.37 bits per heavy atom. The van der Waals surface area contributed by atoms with E-state index in [9.17, 15) is 4.79 Å². The number of nitrogens with one attached hydrogen (secondary N) is 1. The summed E-state index contributed by atoms with van der Waals surface area (Å²) in [4.78, 5) is 18.5. The molecule has 0 fully saturated rings. The maximum atomic E-state index is 11.8. The van der Waals surface area contributed by atoms with Gasteiger partial charge >= 0.3 is 0 Å². The van der Waals surface area contributed by atoms with E-state index in [1.54, 1.807) is 0 Å². The van der Waals surface area contributed by atoms with Crippen molar-refractivity contribution in [1.29, 1.82) is 0 Å². The maximum Gasteiger partial charge on any atom is 0.271 e. The Balaban J connectivity index is 2.21. The summed E-state index contributed by atoms with van der Waals surface area (Å²) in [6.45, 7) is 0.579. The summed E-state index contributed by atoms with van der Waals surface area (Å²) < 4.78 is 2.95. The highest BCUT2D eigenvalue weighted by atomic mass is 32.1. The molecule has 0 amide bonds. The third-order valence-corrected chi connectivity index (χ3v) is 4.16. The van der Waals surface area contributed by atoms with Gasteiger partial charge in [-0.1, -0.05) is 41.7 Å². The van der Waals surface area contributed by atoms with Crippen molar-refractivity contribution >= 4 is 39.9 Å². The largest absolute Gasteiger partial charge is 0.369 e. The Bertz CT molecular complexity index is 848. The van der Waals surface area contributed by atoms with Crippen LogP contribution in [-0.2, 0) is 6.54 Å². The zero-order valence-corrected chi connectivity index (χ0v) is 11.4. The second kappa shape index (κ2) is 4.60. The minimum atomic E-state index is -0.245. The summed E-state index contributed by atoms with van der Waals surface area (Å²) in [5.41, 5.74) is 6.98. The van der Waals surface area contributed by atoms with Crippen LogP contribution in [0.2, 0.25) is 0 Å². The predicted octanol–water partition coefficient (Wildman–Crippen LogP) is 2.15. The van der Waals surface area contributed by atoms with Gasteiger partial charge in [-0.3, -0.25) is 9.78 Å². The summed E-state index contributed by atoms with van der Waals surface area (Å²) in [6.07, 6.45) is 0. The topological polar surface area (TPSA) is 76.7 Å². The molecule has 0 unspecified atom stereocenters. The first-order valence-corrected chi connectivity index (χ1v) is 6.80. The predicted molar refractivity (Wildman–Crippen MR) is 79.0 cm³/mol. The number of anilines is 1. The van der Waals surface area contributed by atoms with E-state index in [1.807, 2.05) is 34.9 Å². The molecule has 0 atom stereocenters. The normalized spacial score (nSPS) is 10.9. The lowest BCUT2D eigenvalue weighted by Crippen LogP contribution is -2.11. The Hall–Kier alpha value is -1.99. The quantitative estimate of drug-likeness (QED) is 0.709. The van der Waals surface area contributed by atoms with E-state index < -0.39 is 0 Å². The van der Waals surface area contributed by atoms with Gasteiger partial charge in [-0.25, -0.2) is 0 Å². The zero-order valence-electron chi connectivity index (χ0n) is 9.79. The highest BCUT2D eigenvalue weighted by Crippen LogP contribution is 2.19. The summed E-state index contributed by atoms with van der Waals surface area (Å²) in [6, 6.07) is 9.88. The van der Waals surface area contributed by atoms with Crippen LogP contribution in [0.4, 0.5) is 5.95 Å². The van der Waals surface area contributed by atoms with Crippen molar-refractivity contribution in [3.63, 3.8) is 0 Å². The number of hydrogen-bond acceptors (Lipinski definition) is 5. The van der Waals surface area contributed by atoms with Gasteiger partial charge in [0.15, 0.2) is 9.60 Å². The molecule has 3 N–H and O–H groups in total. The van der Waals surface area contributed by atoms with E-state index in [0.717, 1.165) is 5.56 Å². The summed E-state index contributed by atoms with van der Waals surface area (Å²) in [7, 11) is 0. The molecule has 0 saturated heterocycles. The second-order valence-electron chi connectivity index (χ2n) is 4.04. The molecule has 1 aromatic carbocycles. The molecule has 96 valence electrons. The minimum absolute atomic E-state index is 0.104. The van der Waals surface area contributed by atoms with E-state index in [1.165, 1.54) is 11.3 Å². The molecule has 3 rings (SSSR count). The van der Waals surface area contributed by atoms with E-state index in [-0.39, 0.29) is 11.5 Å². The summed E-state index contributed by atoms with van der Waals surface area (Å²) in [5, 5.41) is 0. The molecule has 0 aliphatic rings. The van der Waals surface area contributed by atoms with Crippen molar-refractivity contribution in [3.8, 4) is 0 Å². The van der Waals surface area contributed by atoms with Crippen LogP contribution in [0.25, 0.3) is 10.3 Å². The number of nitrogens with zero attached hydrogens (tertiary/aromatic N) is 2. The highest BCUT2D eigenvalue weighted by molar-refractivity contribution is 7.73. The first-order valence-electron chi connectivity index (χ1n) is 5.58. The van der Waals surface area contributed by atoms with Crippen molar-refractivity contribution in [2.24, 2.45) is 0 Å². The lowest BCUT2D eigenvalue weighted by Gasteiger charge is -2.04. The van der Waals surface area contributed by atoms with Gasteiger partial charge in [0.05, 0.1) is 6.54 Å². The van der Waals surface area contributed by atoms with Gasteiger partial charge in [-0.15, -0.1) is 0 Å². The lowest BCUT2D eigenvalue weighted by atomic mass is 10.2. The number of nitrogen functional groups attached to an aromatic ring is 1. The van der Waals surface area contributed by atoms with Crippen LogP contribution in [-0.4, -0.2) is 14.5 Å². The number of rotatable bonds is 2. The van der Waals surface area contributed by atoms with E-state index in [4.69, 9.17) is 18.0 Å². The monoisotopic (exact) mass is 290 g/mol. The van der Waals surface area contributed by atoms with Crippen molar-refractivity contribution in [3.05, 3.63) is 50.2 Å². The van der Waals surface area contributed by atoms with Crippen molar-refractivity contribution in [2.45, 2.75) is 6.54 Å². The van der Waals surface area contributed by atoms with Gasteiger partial charge < -0.3 is 10.3 Å².